The first-order chi connectivity index (χ1) is 10.1. The molecule has 0 bridgehead atoms. The molecule has 0 saturated carbocycles. The van der Waals surface area contributed by atoms with Crippen LogP contribution in [-0.2, 0) is 14.2 Å². The summed E-state index contributed by atoms with van der Waals surface area (Å²) >= 11 is 0. The SMILES string of the molecule is CCC(OC(CC)N1CCOC(C)C1)N1CCOC(C)C1. The topological polar surface area (TPSA) is 34.2 Å². The molecular weight excluding hydrogens is 268 g/mol. The number of hydrogen-bond acceptors (Lipinski definition) is 5. The molecule has 2 fully saturated rings. The lowest BCUT2D eigenvalue weighted by Crippen LogP contribution is -2.53. The quantitative estimate of drug-likeness (QED) is 0.748. The van der Waals surface area contributed by atoms with E-state index in [0.717, 1.165) is 52.2 Å². The fraction of sp³-hybridized carbons (Fsp3) is 1.00. The molecule has 2 aliphatic heterocycles. The minimum absolute atomic E-state index is 0.194. The molecule has 0 aliphatic carbocycles. The van der Waals surface area contributed by atoms with Gasteiger partial charge in [-0.2, -0.15) is 0 Å². The summed E-state index contributed by atoms with van der Waals surface area (Å²) in [5, 5.41) is 0. The van der Waals surface area contributed by atoms with Gasteiger partial charge in [-0.3, -0.25) is 9.80 Å². The van der Waals surface area contributed by atoms with Gasteiger partial charge in [0.15, 0.2) is 0 Å². The average molecular weight is 300 g/mol. The van der Waals surface area contributed by atoms with E-state index < -0.39 is 0 Å². The Balaban J connectivity index is 1.91. The van der Waals surface area contributed by atoms with Crippen LogP contribution in [0.5, 0.6) is 0 Å². The lowest BCUT2D eigenvalue weighted by Gasteiger charge is -2.42. The molecular formula is C16H32N2O3. The minimum Gasteiger partial charge on any atom is -0.376 e. The van der Waals surface area contributed by atoms with E-state index in [4.69, 9.17) is 14.2 Å². The summed E-state index contributed by atoms with van der Waals surface area (Å²) in [6, 6.07) is 0. The van der Waals surface area contributed by atoms with Gasteiger partial charge in [-0.15, -0.1) is 0 Å². The Hall–Kier alpha value is -0.200. The second-order valence-corrected chi connectivity index (χ2v) is 6.21. The van der Waals surface area contributed by atoms with Gasteiger partial charge in [-0.05, 0) is 26.7 Å². The molecule has 4 atom stereocenters. The highest BCUT2D eigenvalue weighted by Crippen LogP contribution is 2.19. The number of ether oxygens (including phenoxy) is 3. The van der Waals surface area contributed by atoms with E-state index in [1.165, 1.54) is 0 Å². The molecule has 124 valence electrons. The van der Waals surface area contributed by atoms with Crippen molar-refractivity contribution in [3.8, 4) is 0 Å². The molecule has 2 aliphatic rings. The summed E-state index contributed by atoms with van der Waals surface area (Å²) < 4.78 is 17.7. The summed E-state index contributed by atoms with van der Waals surface area (Å²) in [5.74, 6) is 0. The van der Waals surface area contributed by atoms with Gasteiger partial charge in [0.2, 0.25) is 0 Å². The molecule has 2 rings (SSSR count). The van der Waals surface area contributed by atoms with Crippen LogP contribution in [0.1, 0.15) is 40.5 Å². The third-order valence-electron chi connectivity index (χ3n) is 4.37. The molecule has 0 N–H and O–H groups in total. The van der Waals surface area contributed by atoms with Crippen molar-refractivity contribution in [2.75, 3.05) is 39.4 Å². The maximum Gasteiger partial charge on any atom is 0.112 e. The van der Waals surface area contributed by atoms with Crippen LogP contribution in [0.15, 0.2) is 0 Å². The normalized spacial score (nSPS) is 32.0. The predicted molar refractivity (Wildman–Crippen MR) is 83.2 cm³/mol. The van der Waals surface area contributed by atoms with Gasteiger partial charge < -0.3 is 14.2 Å². The minimum atomic E-state index is 0.194. The summed E-state index contributed by atoms with van der Waals surface area (Å²) in [6.45, 7) is 14.2. The van der Waals surface area contributed by atoms with Crippen molar-refractivity contribution in [1.82, 2.24) is 9.80 Å². The number of hydrogen-bond donors (Lipinski definition) is 0. The molecule has 21 heavy (non-hydrogen) atoms. The Bertz CT molecular complexity index is 275. The van der Waals surface area contributed by atoms with Crippen molar-refractivity contribution in [3.05, 3.63) is 0 Å². The number of nitrogens with zero attached hydrogens (tertiary/aromatic N) is 2. The van der Waals surface area contributed by atoms with Crippen molar-refractivity contribution in [1.29, 1.82) is 0 Å². The largest absolute Gasteiger partial charge is 0.376 e. The molecule has 5 nitrogen and oxygen atoms in total. The zero-order valence-corrected chi connectivity index (χ0v) is 14.1. The fourth-order valence-corrected chi connectivity index (χ4v) is 3.28. The van der Waals surface area contributed by atoms with E-state index in [-0.39, 0.29) is 12.5 Å². The number of rotatable bonds is 6. The smallest absolute Gasteiger partial charge is 0.112 e. The Labute approximate surface area is 129 Å². The van der Waals surface area contributed by atoms with Gasteiger partial charge in [-0.25, -0.2) is 0 Å². The zero-order chi connectivity index (χ0) is 15.2. The molecule has 2 saturated heterocycles. The molecule has 2 heterocycles. The summed E-state index contributed by atoms with van der Waals surface area (Å²) in [5.41, 5.74) is 0. The van der Waals surface area contributed by atoms with Crippen LogP contribution < -0.4 is 0 Å². The molecule has 4 unspecified atom stereocenters. The highest BCUT2D eigenvalue weighted by molar-refractivity contribution is 4.75. The van der Waals surface area contributed by atoms with E-state index in [1.807, 2.05) is 0 Å². The molecule has 0 amide bonds. The van der Waals surface area contributed by atoms with Crippen LogP contribution >= 0.6 is 0 Å². The Morgan fingerprint density at radius 2 is 1.33 bits per heavy atom. The second kappa shape index (κ2) is 8.44. The van der Waals surface area contributed by atoms with Gasteiger partial charge in [0.05, 0.1) is 25.4 Å². The first-order valence-electron chi connectivity index (χ1n) is 8.50. The lowest BCUT2D eigenvalue weighted by molar-refractivity contribution is -0.192. The third-order valence-corrected chi connectivity index (χ3v) is 4.37. The molecule has 0 radical (unpaired) electrons. The Morgan fingerprint density at radius 3 is 1.67 bits per heavy atom. The van der Waals surface area contributed by atoms with Crippen molar-refractivity contribution in [3.63, 3.8) is 0 Å². The van der Waals surface area contributed by atoms with Crippen molar-refractivity contribution >= 4 is 0 Å². The van der Waals surface area contributed by atoms with Gasteiger partial charge >= 0.3 is 0 Å². The van der Waals surface area contributed by atoms with Crippen LogP contribution in [0.4, 0.5) is 0 Å². The van der Waals surface area contributed by atoms with Gasteiger partial charge in [0.25, 0.3) is 0 Å². The van der Waals surface area contributed by atoms with Gasteiger partial charge in [0, 0.05) is 26.2 Å². The predicted octanol–water partition coefficient (Wildman–Crippen LogP) is 1.92. The van der Waals surface area contributed by atoms with Crippen molar-refractivity contribution < 1.29 is 14.2 Å². The van der Waals surface area contributed by atoms with Crippen LogP contribution in [0.25, 0.3) is 0 Å². The molecule has 0 spiro atoms. The van der Waals surface area contributed by atoms with Crippen molar-refractivity contribution in [2.24, 2.45) is 0 Å². The third kappa shape index (κ3) is 4.89. The van der Waals surface area contributed by atoms with Crippen molar-refractivity contribution in [2.45, 2.75) is 65.2 Å². The summed E-state index contributed by atoms with van der Waals surface area (Å²) in [6.07, 6.45) is 3.03. The van der Waals surface area contributed by atoms with Gasteiger partial charge in [0.1, 0.15) is 12.5 Å². The van der Waals surface area contributed by atoms with Crippen LogP contribution in [-0.4, -0.2) is 73.9 Å². The van der Waals surface area contributed by atoms with E-state index in [1.54, 1.807) is 0 Å². The number of morpholine rings is 2. The summed E-state index contributed by atoms with van der Waals surface area (Å²) in [7, 11) is 0. The van der Waals surface area contributed by atoms with E-state index in [2.05, 4.69) is 37.5 Å². The van der Waals surface area contributed by atoms with Gasteiger partial charge in [-0.1, -0.05) is 13.8 Å². The van der Waals surface area contributed by atoms with Crippen LogP contribution in [0, 0.1) is 0 Å². The van der Waals surface area contributed by atoms with E-state index >= 15 is 0 Å². The molecule has 0 aromatic rings. The summed E-state index contributed by atoms with van der Waals surface area (Å²) in [4.78, 5) is 4.86. The maximum absolute atomic E-state index is 6.47. The Morgan fingerprint density at radius 1 is 0.905 bits per heavy atom. The maximum atomic E-state index is 6.47. The highest BCUT2D eigenvalue weighted by Gasteiger charge is 2.29. The first-order valence-corrected chi connectivity index (χ1v) is 8.50. The molecule has 0 aromatic carbocycles. The van der Waals surface area contributed by atoms with Crippen LogP contribution in [0.2, 0.25) is 0 Å². The van der Waals surface area contributed by atoms with Crippen LogP contribution in [0.3, 0.4) is 0 Å². The first kappa shape index (κ1) is 17.2. The monoisotopic (exact) mass is 300 g/mol. The average Bonchev–Trinajstić information content (AvgIpc) is 2.48. The standard InChI is InChI=1S/C16H32N2O3/c1-5-15(17-7-9-19-13(3)11-17)21-16(6-2)18-8-10-20-14(4)12-18/h13-16H,5-12H2,1-4H3. The second-order valence-electron chi connectivity index (χ2n) is 6.21. The van der Waals surface area contributed by atoms with E-state index in [0.29, 0.717) is 12.2 Å². The zero-order valence-electron chi connectivity index (χ0n) is 14.1. The lowest BCUT2D eigenvalue weighted by atomic mass is 10.2. The Kier molecular flexibility index (Phi) is 6.89. The highest BCUT2D eigenvalue weighted by atomic mass is 16.5. The molecule has 5 heteroatoms. The molecule has 0 aromatic heterocycles. The van der Waals surface area contributed by atoms with E-state index in [9.17, 15) is 0 Å². The fourth-order valence-electron chi connectivity index (χ4n) is 3.28.